The molecule has 2 aromatic carbocycles. The number of nitrogens with one attached hydrogen (secondary N) is 2. The summed E-state index contributed by atoms with van der Waals surface area (Å²) in [5, 5.41) is 6.95. The summed E-state index contributed by atoms with van der Waals surface area (Å²) < 4.78 is 5.92. The highest BCUT2D eigenvalue weighted by Gasteiger charge is 2.23. The third-order valence-corrected chi connectivity index (χ3v) is 5.67. The Morgan fingerprint density at radius 1 is 1.07 bits per heavy atom. The molecule has 1 aromatic heterocycles. The molecule has 0 aliphatic heterocycles. The lowest BCUT2D eigenvalue weighted by Gasteiger charge is -2.19. The zero-order chi connectivity index (χ0) is 20.5. The third kappa shape index (κ3) is 4.29. The first-order chi connectivity index (χ1) is 13.2. The number of methoxy groups -OCH3 is 1. The number of hydrogen-bond acceptors (Lipinski definition) is 4. The molecule has 0 radical (unpaired) electrons. The number of carbonyl (C=O) groups excluding carboxylic acids is 2. The van der Waals surface area contributed by atoms with Gasteiger partial charge in [0, 0.05) is 16.5 Å². The fourth-order valence-corrected chi connectivity index (χ4v) is 4.16. The van der Waals surface area contributed by atoms with E-state index in [0.29, 0.717) is 26.9 Å². The molecule has 0 fully saturated rings. The van der Waals surface area contributed by atoms with E-state index < -0.39 is 0 Å². The van der Waals surface area contributed by atoms with Gasteiger partial charge in [0.2, 0.25) is 0 Å². The lowest BCUT2D eigenvalue weighted by molar-refractivity contribution is 0.0923. The highest BCUT2D eigenvalue weighted by Crippen LogP contribution is 2.39. The normalized spacial score (nSPS) is 11.3. The van der Waals surface area contributed by atoms with Gasteiger partial charge in [-0.15, -0.1) is 11.3 Å². The zero-order valence-corrected chi connectivity index (χ0v) is 17.6. The summed E-state index contributed by atoms with van der Waals surface area (Å²) in [6.07, 6.45) is 0. The van der Waals surface area contributed by atoms with E-state index in [2.05, 4.69) is 10.6 Å². The Bertz CT molecular complexity index is 1050. The van der Waals surface area contributed by atoms with Crippen LogP contribution in [0.5, 0.6) is 5.75 Å². The highest BCUT2D eigenvalue weighted by atomic mass is 35.5. The van der Waals surface area contributed by atoms with Crippen molar-refractivity contribution in [2.75, 3.05) is 12.4 Å². The van der Waals surface area contributed by atoms with Gasteiger partial charge in [0.1, 0.15) is 10.6 Å². The number of benzene rings is 2. The molecule has 146 valence electrons. The van der Waals surface area contributed by atoms with Crippen molar-refractivity contribution < 1.29 is 14.3 Å². The first-order valence-electron chi connectivity index (χ1n) is 8.68. The minimum atomic E-state index is -0.375. The topological polar surface area (TPSA) is 67.4 Å². The van der Waals surface area contributed by atoms with Crippen molar-refractivity contribution in [3.05, 3.63) is 57.9 Å². The molecular formula is C21H21ClN2O3S. The standard InChI is InChI=1S/C21H21ClN2O3S/c1-21(2,3)24-20(26)18-16(22)14-9-6-10-15(17(14)28-18)23-19(25)12-7-5-8-13(11-12)27-4/h5-11H,1-4H3,(H,23,25)(H,24,26). The van der Waals surface area contributed by atoms with Gasteiger partial charge in [-0.1, -0.05) is 29.8 Å². The van der Waals surface area contributed by atoms with E-state index in [9.17, 15) is 9.59 Å². The average Bonchev–Trinajstić information content (AvgIpc) is 2.98. The molecule has 7 heteroatoms. The molecule has 0 aliphatic carbocycles. The fourth-order valence-electron chi connectivity index (χ4n) is 2.69. The van der Waals surface area contributed by atoms with E-state index in [1.54, 1.807) is 43.5 Å². The lowest BCUT2D eigenvalue weighted by Crippen LogP contribution is -2.40. The highest BCUT2D eigenvalue weighted by molar-refractivity contribution is 7.22. The van der Waals surface area contributed by atoms with Gasteiger partial charge in [-0.3, -0.25) is 9.59 Å². The molecule has 1 heterocycles. The van der Waals surface area contributed by atoms with Gasteiger partial charge >= 0.3 is 0 Å². The smallest absolute Gasteiger partial charge is 0.263 e. The number of hydrogen-bond donors (Lipinski definition) is 2. The van der Waals surface area contributed by atoms with Crippen LogP contribution in [0.1, 0.15) is 40.8 Å². The van der Waals surface area contributed by atoms with Crippen molar-refractivity contribution in [2.45, 2.75) is 26.3 Å². The molecule has 28 heavy (non-hydrogen) atoms. The van der Waals surface area contributed by atoms with Gasteiger partial charge < -0.3 is 15.4 Å². The minimum absolute atomic E-state index is 0.233. The number of halogens is 1. The van der Waals surface area contributed by atoms with Crippen molar-refractivity contribution in [2.24, 2.45) is 0 Å². The number of thiophene rings is 1. The van der Waals surface area contributed by atoms with Gasteiger partial charge in [0.05, 0.1) is 22.5 Å². The van der Waals surface area contributed by atoms with Crippen molar-refractivity contribution in [1.29, 1.82) is 0 Å². The summed E-state index contributed by atoms with van der Waals surface area (Å²) in [6, 6.07) is 12.3. The van der Waals surface area contributed by atoms with Gasteiger partial charge in [-0.05, 0) is 45.0 Å². The number of ether oxygens (including phenoxy) is 1. The molecule has 0 unspecified atom stereocenters. The molecule has 0 aliphatic rings. The summed E-state index contributed by atoms with van der Waals surface area (Å²) in [5.41, 5.74) is 0.705. The van der Waals surface area contributed by atoms with Gasteiger partial charge in [0.25, 0.3) is 11.8 Å². The molecule has 0 saturated carbocycles. The van der Waals surface area contributed by atoms with Crippen LogP contribution >= 0.6 is 22.9 Å². The summed E-state index contributed by atoms with van der Waals surface area (Å²) >= 11 is 7.73. The maximum atomic E-state index is 12.7. The number of fused-ring (bicyclic) bond motifs is 1. The molecule has 0 spiro atoms. The van der Waals surface area contributed by atoms with E-state index in [-0.39, 0.29) is 17.4 Å². The van der Waals surface area contributed by atoms with E-state index >= 15 is 0 Å². The van der Waals surface area contributed by atoms with Crippen LogP contribution < -0.4 is 15.4 Å². The van der Waals surface area contributed by atoms with Gasteiger partial charge in [0.15, 0.2) is 0 Å². The molecule has 0 atom stereocenters. The SMILES string of the molecule is COc1cccc(C(=O)Nc2cccc3c(Cl)c(C(=O)NC(C)(C)C)sc23)c1. The number of amides is 2. The van der Waals surface area contributed by atoms with E-state index in [4.69, 9.17) is 16.3 Å². The van der Waals surface area contributed by atoms with Crippen LogP contribution in [0.25, 0.3) is 10.1 Å². The maximum Gasteiger partial charge on any atom is 0.263 e. The summed E-state index contributed by atoms with van der Waals surface area (Å²) in [5.74, 6) is 0.103. The second kappa shape index (κ2) is 7.81. The lowest BCUT2D eigenvalue weighted by atomic mass is 10.1. The molecule has 2 N–H and O–H groups in total. The Labute approximate surface area is 172 Å². The largest absolute Gasteiger partial charge is 0.497 e. The first kappa shape index (κ1) is 20.2. The van der Waals surface area contributed by atoms with E-state index in [0.717, 1.165) is 10.1 Å². The third-order valence-electron chi connectivity index (χ3n) is 3.93. The van der Waals surface area contributed by atoms with Crippen LogP contribution in [-0.4, -0.2) is 24.5 Å². The van der Waals surface area contributed by atoms with Crippen LogP contribution in [-0.2, 0) is 0 Å². The van der Waals surface area contributed by atoms with Crippen molar-refractivity contribution in [1.82, 2.24) is 5.32 Å². The summed E-state index contributed by atoms with van der Waals surface area (Å²) in [6.45, 7) is 5.73. The minimum Gasteiger partial charge on any atom is -0.497 e. The van der Waals surface area contributed by atoms with Crippen LogP contribution in [0.15, 0.2) is 42.5 Å². The monoisotopic (exact) mass is 416 g/mol. The Kier molecular flexibility index (Phi) is 5.63. The van der Waals surface area contributed by atoms with Crippen LogP contribution in [0.3, 0.4) is 0 Å². The Morgan fingerprint density at radius 2 is 1.79 bits per heavy atom. The summed E-state index contributed by atoms with van der Waals surface area (Å²) in [7, 11) is 1.55. The predicted molar refractivity (Wildman–Crippen MR) is 115 cm³/mol. The molecule has 5 nitrogen and oxygen atoms in total. The fraction of sp³-hybridized carbons (Fsp3) is 0.238. The molecular weight excluding hydrogens is 396 g/mol. The van der Waals surface area contributed by atoms with Crippen molar-refractivity contribution in [3.8, 4) is 5.75 Å². The van der Waals surface area contributed by atoms with Crippen LogP contribution in [0.4, 0.5) is 5.69 Å². The van der Waals surface area contributed by atoms with Crippen LogP contribution in [0.2, 0.25) is 5.02 Å². The number of anilines is 1. The molecule has 3 aromatic rings. The Morgan fingerprint density at radius 3 is 2.46 bits per heavy atom. The van der Waals surface area contributed by atoms with Gasteiger partial charge in [-0.2, -0.15) is 0 Å². The summed E-state index contributed by atoms with van der Waals surface area (Å²) in [4.78, 5) is 25.7. The first-order valence-corrected chi connectivity index (χ1v) is 9.88. The van der Waals surface area contributed by atoms with E-state index in [1.165, 1.54) is 11.3 Å². The zero-order valence-electron chi connectivity index (χ0n) is 16.1. The Balaban J connectivity index is 1.95. The molecule has 0 saturated heterocycles. The predicted octanol–water partition coefficient (Wildman–Crippen LogP) is 5.34. The Hall–Kier alpha value is -2.57. The maximum absolute atomic E-state index is 12.7. The number of carbonyl (C=O) groups is 2. The van der Waals surface area contributed by atoms with Gasteiger partial charge in [-0.25, -0.2) is 0 Å². The average molecular weight is 417 g/mol. The molecule has 2 amide bonds. The second-order valence-corrected chi connectivity index (χ2v) is 8.72. The van der Waals surface area contributed by atoms with Crippen molar-refractivity contribution in [3.63, 3.8) is 0 Å². The van der Waals surface area contributed by atoms with E-state index in [1.807, 2.05) is 26.8 Å². The number of rotatable bonds is 4. The van der Waals surface area contributed by atoms with Crippen LogP contribution in [0, 0.1) is 0 Å². The molecule has 0 bridgehead atoms. The quantitative estimate of drug-likeness (QED) is 0.602. The van der Waals surface area contributed by atoms with Crippen molar-refractivity contribution >= 4 is 50.5 Å². The second-order valence-electron chi connectivity index (χ2n) is 7.32. The molecule has 3 rings (SSSR count).